The summed E-state index contributed by atoms with van der Waals surface area (Å²) in [5.74, 6) is -0.263. The molecule has 4 heteroatoms. The SMILES string of the molecule is Fc1cccc2c(NC3CCNCC3)ccnc12. The van der Waals surface area contributed by atoms with Gasteiger partial charge >= 0.3 is 0 Å². The van der Waals surface area contributed by atoms with Gasteiger partial charge < -0.3 is 10.6 Å². The number of hydrogen-bond acceptors (Lipinski definition) is 3. The van der Waals surface area contributed by atoms with Crippen LogP contribution >= 0.6 is 0 Å². The number of benzene rings is 1. The fourth-order valence-electron chi connectivity index (χ4n) is 2.45. The molecule has 1 aromatic heterocycles. The van der Waals surface area contributed by atoms with Crippen molar-refractivity contribution in [3.05, 3.63) is 36.3 Å². The van der Waals surface area contributed by atoms with Gasteiger partial charge in [-0.25, -0.2) is 4.39 Å². The topological polar surface area (TPSA) is 37.0 Å². The lowest BCUT2D eigenvalue weighted by Crippen LogP contribution is -2.35. The van der Waals surface area contributed by atoms with E-state index in [1.54, 1.807) is 12.3 Å². The Hall–Kier alpha value is -1.68. The Balaban J connectivity index is 1.93. The molecule has 1 aliphatic heterocycles. The number of para-hydroxylation sites is 1. The first-order valence-electron chi connectivity index (χ1n) is 6.35. The molecule has 3 rings (SSSR count). The predicted octanol–water partition coefficient (Wildman–Crippen LogP) is 2.54. The van der Waals surface area contributed by atoms with Crippen LogP contribution in [-0.4, -0.2) is 24.1 Å². The van der Waals surface area contributed by atoms with Crippen LogP contribution in [0.15, 0.2) is 30.5 Å². The highest BCUT2D eigenvalue weighted by molar-refractivity contribution is 5.91. The molecule has 0 spiro atoms. The van der Waals surface area contributed by atoms with Gasteiger partial charge in [0.25, 0.3) is 0 Å². The molecule has 0 amide bonds. The van der Waals surface area contributed by atoms with Crippen molar-refractivity contribution in [2.75, 3.05) is 18.4 Å². The highest BCUT2D eigenvalue weighted by atomic mass is 19.1. The molecule has 2 N–H and O–H groups in total. The van der Waals surface area contributed by atoms with Crippen LogP contribution in [0.2, 0.25) is 0 Å². The van der Waals surface area contributed by atoms with Crippen LogP contribution in [0, 0.1) is 5.82 Å². The quantitative estimate of drug-likeness (QED) is 0.853. The molecule has 1 fully saturated rings. The Morgan fingerprint density at radius 2 is 2.06 bits per heavy atom. The minimum atomic E-state index is -0.263. The second-order valence-electron chi connectivity index (χ2n) is 4.66. The first-order valence-corrected chi connectivity index (χ1v) is 6.35. The first-order chi connectivity index (χ1) is 8.84. The van der Waals surface area contributed by atoms with Crippen molar-refractivity contribution in [1.29, 1.82) is 0 Å². The number of aromatic nitrogens is 1. The van der Waals surface area contributed by atoms with E-state index in [-0.39, 0.29) is 5.82 Å². The molecule has 18 heavy (non-hydrogen) atoms. The summed E-state index contributed by atoms with van der Waals surface area (Å²) in [6.07, 6.45) is 3.85. The zero-order chi connectivity index (χ0) is 12.4. The summed E-state index contributed by atoms with van der Waals surface area (Å²) in [7, 11) is 0. The Bertz CT molecular complexity index is 550. The van der Waals surface area contributed by atoms with Crippen molar-refractivity contribution in [3.8, 4) is 0 Å². The molecule has 0 saturated carbocycles. The van der Waals surface area contributed by atoms with Gasteiger partial charge in [-0.3, -0.25) is 4.98 Å². The summed E-state index contributed by atoms with van der Waals surface area (Å²) >= 11 is 0. The van der Waals surface area contributed by atoms with Gasteiger partial charge in [-0.1, -0.05) is 12.1 Å². The van der Waals surface area contributed by atoms with E-state index < -0.39 is 0 Å². The summed E-state index contributed by atoms with van der Waals surface area (Å²) in [4.78, 5) is 4.11. The molecule has 94 valence electrons. The second kappa shape index (κ2) is 4.90. The summed E-state index contributed by atoms with van der Waals surface area (Å²) < 4.78 is 13.6. The van der Waals surface area contributed by atoms with Gasteiger partial charge in [0.15, 0.2) is 0 Å². The van der Waals surface area contributed by atoms with Crippen LogP contribution in [0.3, 0.4) is 0 Å². The Morgan fingerprint density at radius 3 is 2.89 bits per heavy atom. The van der Waals surface area contributed by atoms with E-state index in [0.29, 0.717) is 11.6 Å². The zero-order valence-electron chi connectivity index (χ0n) is 10.1. The van der Waals surface area contributed by atoms with Crippen molar-refractivity contribution in [3.63, 3.8) is 0 Å². The highest BCUT2D eigenvalue weighted by Crippen LogP contribution is 2.25. The molecule has 2 aromatic rings. The Morgan fingerprint density at radius 1 is 1.22 bits per heavy atom. The number of piperidine rings is 1. The maximum atomic E-state index is 13.6. The summed E-state index contributed by atoms with van der Waals surface area (Å²) in [6.45, 7) is 2.07. The molecule has 2 heterocycles. The van der Waals surface area contributed by atoms with Gasteiger partial charge in [0.2, 0.25) is 0 Å². The number of rotatable bonds is 2. The average Bonchev–Trinajstić information content (AvgIpc) is 2.41. The Labute approximate surface area is 105 Å². The molecule has 0 radical (unpaired) electrons. The zero-order valence-corrected chi connectivity index (χ0v) is 10.1. The van der Waals surface area contributed by atoms with Gasteiger partial charge in [0.1, 0.15) is 11.3 Å². The molecule has 1 saturated heterocycles. The van der Waals surface area contributed by atoms with Crippen LogP contribution in [0.4, 0.5) is 10.1 Å². The maximum Gasteiger partial charge on any atom is 0.149 e. The third-order valence-corrected chi connectivity index (χ3v) is 3.42. The largest absolute Gasteiger partial charge is 0.382 e. The van der Waals surface area contributed by atoms with Crippen molar-refractivity contribution >= 4 is 16.6 Å². The lowest BCUT2D eigenvalue weighted by Gasteiger charge is -2.25. The molecular weight excluding hydrogens is 229 g/mol. The molecule has 0 aliphatic carbocycles. The van der Waals surface area contributed by atoms with Crippen LogP contribution in [0.1, 0.15) is 12.8 Å². The minimum Gasteiger partial charge on any atom is -0.382 e. The van der Waals surface area contributed by atoms with Gasteiger partial charge in [0, 0.05) is 23.3 Å². The molecule has 0 bridgehead atoms. The predicted molar refractivity (Wildman–Crippen MR) is 71.2 cm³/mol. The van der Waals surface area contributed by atoms with Gasteiger partial charge in [-0.05, 0) is 38.1 Å². The van der Waals surface area contributed by atoms with Crippen molar-refractivity contribution in [2.45, 2.75) is 18.9 Å². The van der Waals surface area contributed by atoms with Crippen molar-refractivity contribution in [2.24, 2.45) is 0 Å². The third-order valence-electron chi connectivity index (χ3n) is 3.42. The number of hydrogen-bond donors (Lipinski definition) is 2. The molecule has 0 unspecified atom stereocenters. The van der Waals surface area contributed by atoms with Crippen molar-refractivity contribution < 1.29 is 4.39 Å². The van der Waals surface area contributed by atoms with Gasteiger partial charge in [0.05, 0.1) is 0 Å². The van der Waals surface area contributed by atoms with Crippen LogP contribution < -0.4 is 10.6 Å². The van der Waals surface area contributed by atoms with E-state index in [1.807, 2.05) is 12.1 Å². The second-order valence-corrected chi connectivity index (χ2v) is 4.66. The molecule has 1 aromatic carbocycles. The smallest absolute Gasteiger partial charge is 0.149 e. The van der Waals surface area contributed by atoms with E-state index in [4.69, 9.17) is 0 Å². The van der Waals surface area contributed by atoms with E-state index in [0.717, 1.165) is 37.0 Å². The highest BCUT2D eigenvalue weighted by Gasteiger charge is 2.14. The van der Waals surface area contributed by atoms with Crippen molar-refractivity contribution in [1.82, 2.24) is 10.3 Å². The number of pyridine rings is 1. The van der Waals surface area contributed by atoms with E-state index in [9.17, 15) is 4.39 Å². The lowest BCUT2D eigenvalue weighted by molar-refractivity contribution is 0.479. The number of halogens is 1. The fourth-order valence-corrected chi connectivity index (χ4v) is 2.45. The Kier molecular flexibility index (Phi) is 3.11. The van der Waals surface area contributed by atoms with Crippen LogP contribution in [0.5, 0.6) is 0 Å². The molecule has 0 atom stereocenters. The first kappa shape index (κ1) is 11.4. The molecule has 3 nitrogen and oxygen atoms in total. The number of nitrogens with zero attached hydrogens (tertiary/aromatic N) is 1. The third kappa shape index (κ3) is 2.16. The standard InChI is InChI=1S/C14H16FN3/c15-12-3-1-2-11-13(6-9-17-14(11)12)18-10-4-7-16-8-5-10/h1-3,6,9-10,16H,4-5,7-8H2,(H,17,18). The maximum absolute atomic E-state index is 13.6. The van der Waals surface area contributed by atoms with E-state index in [2.05, 4.69) is 15.6 Å². The van der Waals surface area contributed by atoms with Gasteiger partial charge in [-0.2, -0.15) is 0 Å². The number of anilines is 1. The summed E-state index contributed by atoms with van der Waals surface area (Å²) in [5, 5.41) is 7.70. The monoisotopic (exact) mass is 245 g/mol. The average molecular weight is 245 g/mol. The van der Waals surface area contributed by atoms with Gasteiger partial charge in [-0.15, -0.1) is 0 Å². The lowest BCUT2D eigenvalue weighted by atomic mass is 10.1. The normalized spacial score (nSPS) is 16.9. The molecule has 1 aliphatic rings. The fraction of sp³-hybridized carbons (Fsp3) is 0.357. The van der Waals surface area contributed by atoms with Crippen LogP contribution in [-0.2, 0) is 0 Å². The summed E-state index contributed by atoms with van der Waals surface area (Å²) in [6, 6.07) is 7.47. The minimum absolute atomic E-state index is 0.263. The summed E-state index contributed by atoms with van der Waals surface area (Å²) in [5.41, 5.74) is 1.42. The van der Waals surface area contributed by atoms with E-state index >= 15 is 0 Å². The number of fused-ring (bicyclic) bond motifs is 1. The molecular formula is C14H16FN3. The van der Waals surface area contributed by atoms with E-state index in [1.165, 1.54) is 6.07 Å². The number of nitrogens with one attached hydrogen (secondary N) is 2. The van der Waals surface area contributed by atoms with Crippen LogP contribution in [0.25, 0.3) is 10.9 Å².